The van der Waals surface area contributed by atoms with Gasteiger partial charge in [-0.15, -0.1) is 0 Å². The molecule has 4 rings (SSSR count). The minimum atomic E-state index is -0.282. The molecule has 3 aromatic rings. The van der Waals surface area contributed by atoms with E-state index in [1.54, 1.807) is 12.1 Å². The summed E-state index contributed by atoms with van der Waals surface area (Å²) in [5.74, 6) is -0.282. The molecule has 1 N–H and O–H groups in total. The van der Waals surface area contributed by atoms with Crippen molar-refractivity contribution < 1.29 is 9.60 Å². The van der Waals surface area contributed by atoms with E-state index in [4.69, 9.17) is 0 Å². The highest BCUT2D eigenvalue weighted by atomic mass is 19.1. The molecular formula is C22H24FN3O. The molecule has 0 unspecified atom stereocenters. The summed E-state index contributed by atoms with van der Waals surface area (Å²) in [6, 6.07) is 14.7. The summed E-state index contributed by atoms with van der Waals surface area (Å²) in [7, 11) is 2.16. The predicted molar refractivity (Wildman–Crippen MR) is 106 cm³/mol. The molecule has 2 aromatic carbocycles. The number of fused-ring (bicyclic) bond motifs is 3. The van der Waals surface area contributed by atoms with Crippen molar-refractivity contribution in [2.75, 3.05) is 13.1 Å². The van der Waals surface area contributed by atoms with Crippen molar-refractivity contribution in [2.45, 2.75) is 25.8 Å². The first kappa shape index (κ1) is 17.7. The largest absolute Gasteiger partial charge is 0.411 e. The van der Waals surface area contributed by atoms with E-state index in [9.17, 15) is 9.60 Å². The Labute approximate surface area is 158 Å². The van der Waals surface area contributed by atoms with Crippen LogP contribution in [0.3, 0.4) is 0 Å². The monoisotopic (exact) mass is 365 g/mol. The van der Waals surface area contributed by atoms with Gasteiger partial charge in [-0.2, -0.15) is 0 Å². The van der Waals surface area contributed by atoms with Gasteiger partial charge in [-0.1, -0.05) is 35.5 Å². The van der Waals surface area contributed by atoms with E-state index in [2.05, 4.69) is 45.9 Å². The minimum absolute atomic E-state index is 0.282. The van der Waals surface area contributed by atoms with Crippen LogP contribution in [0, 0.1) is 5.82 Å². The summed E-state index contributed by atoms with van der Waals surface area (Å²) < 4.78 is 15.4. The molecule has 5 heteroatoms. The first-order valence-corrected chi connectivity index (χ1v) is 9.42. The summed E-state index contributed by atoms with van der Waals surface area (Å²) >= 11 is 0. The maximum Gasteiger partial charge on any atom is 0.123 e. The first-order chi connectivity index (χ1) is 13.2. The molecule has 4 nitrogen and oxygen atoms in total. The molecule has 0 fully saturated rings. The van der Waals surface area contributed by atoms with Gasteiger partial charge < -0.3 is 9.77 Å². The van der Waals surface area contributed by atoms with Crippen LogP contribution < -0.4 is 0 Å². The molecule has 1 aromatic heterocycles. The van der Waals surface area contributed by atoms with Gasteiger partial charge in [0.05, 0.1) is 5.71 Å². The summed E-state index contributed by atoms with van der Waals surface area (Å²) in [5, 5.41) is 14.1. The lowest BCUT2D eigenvalue weighted by Crippen LogP contribution is -2.32. The molecule has 27 heavy (non-hydrogen) atoms. The average Bonchev–Trinajstić information content (AvgIpc) is 2.99. The number of aryl methyl sites for hydroxylation is 1. The smallest absolute Gasteiger partial charge is 0.123 e. The van der Waals surface area contributed by atoms with Crippen LogP contribution in [0.5, 0.6) is 0 Å². The Morgan fingerprint density at radius 3 is 2.70 bits per heavy atom. The van der Waals surface area contributed by atoms with Crippen molar-refractivity contribution in [3.8, 4) is 0 Å². The van der Waals surface area contributed by atoms with Crippen molar-refractivity contribution >= 4 is 16.6 Å². The number of aromatic nitrogens is 1. The van der Waals surface area contributed by atoms with E-state index in [1.807, 2.05) is 0 Å². The third-order valence-electron chi connectivity index (χ3n) is 5.58. The molecule has 1 aliphatic rings. The first-order valence-electron chi connectivity index (χ1n) is 9.42. The Morgan fingerprint density at radius 2 is 1.93 bits per heavy atom. The van der Waals surface area contributed by atoms with Crippen LogP contribution in [0.2, 0.25) is 0 Å². The van der Waals surface area contributed by atoms with Crippen LogP contribution in [-0.2, 0) is 20.0 Å². The second-order valence-corrected chi connectivity index (χ2v) is 7.18. The molecule has 0 bridgehead atoms. The maximum absolute atomic E-state index is 13.1. The number of para-hydroxylation sites is 1. The summed E-state index contributed by atoms with van der Waals surface area (Å²) in [6.07, 6.45) is 2.62. The Hall–Kier alpha value is -2.66. The van der Waals surface area contributed by atoms with Gasteiger partial charge in [0.15, 0.2) is 0 Å². The molecule has 1 aliphatic heterocycles. The Kier molecular flexibility index (Phi) is 4.94. The van der Waals surface area contributed by atoms with Gasteiger partial charge in [0.1, 0.15) is 5.82 Å². The summed E-state index contributed by atoms with van der Waals surface area (Å²) in [6.45, 7) is 2.95. The topological polar surface area (TPSA) is 40.8 Å². The molecule has 0 saturated carbocycles. The molecular weight excluding hydrogens is 341 g/mol. The zero-order valence-corrected chi connectivity index (χ0v) is 15.5. The third-order valence-corrected chi connectivity index (χ3v) is 5.58. The molecule has 0 atom stereocenters. The van der Waals surface area contributed by atoms with Crippen molar-refractivity contribution in [3.05, 3.63) is 71.2 Å². The zero-order valence-electron chi connectivity index (χ0n) is 15.5. The third kappa shape index (κ3) is 3.47. The molecule has 0 aliphatic carbocycles. The highest BCUT2D eigenvalue weighted by molar-refractivity contribution is 6.00. The SMILES string of the molecule is Cn1c2c(c3ccccc31)CN(CCC/C(=N\O)c1ccc(F)cc1)CC2. The van der Waals surface area contributed by atoms with Gasteiger partial charge in [0.2, 0.25) is 0 Å². The number of nitrogens with zero attached hydrogens (tertiary/aromatic N) is 3. The molecule has 2 heterocycles. The number of hydrogen-bond donors (Lipinski definition) is 1. The minimum Gasteiger partial charge on any atom is -0.411 e. The fourth-order valence-corrected chi connectivity index (χ4v) is 4.14. The highest BCUT2D eigenvalue weighted by Gasteiger charge is 2.22. The lowest BCUT2D eigenvalue weighted by Gasteiger charge is -2.27. The molecule has 0 amide bonds. The zero-order chi connectivity index (χ0) is 18.8. The molecule has 0 radical (unpaired) electrons. The summed E-state index contributed by atoms with van der Waals surface area (Å²) in [4.78, 5) is 2.47. The van der Waals surface area contributed by atoms with Gasteiger partial charge in [-0.3, -0.25) is 4.90 Å². The van der Waals surface area contributed by atoms with Crippen molar-refractivity contribution in [1.82, 2.24) is 9.47 Å². The second-order valence-electron chi connectivity index (χ2n) is 7.18. The molecule has 0 saturated heterocycles. The van der Waals surface area contributed by atoms with Crippen LogP contribution >= 0.6 is 0 Å². The van der Waals surface area contributed by atoms with Crippen LogP contribution in [0.15, 0.2) is 53.7 Å². The van der Waals surface area contributed by atoms with E-state index in [-0.39, 0.29) is 5.82 Å². The van der Waals surface area contributed by atoms with Gasteiger partial charge in [-0.05, 0) is 48.7 Å². The lowest BCUT2D eigenvalue weighted by atomic mass is 10.0. The normalized spacial score (nSPS) is 15.3. The maximum atomic E-state index is 13.1. The van der Waals surface area contributed by atoms with Crippen LogP contribution in [0.4, 0.5) is 4.39 Å². The van der Waals surface area contributed by atoms with E-state index >= 15 is 0 Å². The number of hydrogen-bond acceptors (Lipinski definition) is 3. The average molecular weight is 365 g/mol. The number of halogens is 1. The number of benzene rings is 2. The van der Waals surface area contributed by atoms with Gasteiger partial charge in [0.25, 0.3) is 0 Å². The summed E-state index contributed by atoms with van der Waals surface area (Å²) in [5.41, 5.74) is 5.56. The van der Waals surface area contributed by atoms with Gasteiger partial charge in [-0.25, -0.2) is 4.39 Å². The number of oxime groups is 1. The Morgan fingerprint density at radius 1 is 1.15 bits per heavy atom. The van der Waals surface area contributed by atoms with Gasteiger partial charge >= 0.3 is 0 Å². The standard InChI is InChI=1S/C22H24FN3O/c1-25-21-7-3-2-5-18(21)19-15-26(14-12-22(19)25)13-4-6-20(24-27)16-8-10-17(23)11-9-16/h2-3,5,7-11,27H,4,6,12-15H2,1H3/b24-20+. The quantitative estimate of drug-likeness (QED) is 0.415. The second kappa shape index (κ2) is 7.53. The highest BCUT2D eigenvalue weighted by Crippen LogP contribution is 2.30. The lowest BCUT2D eigenvalue weighted by molar-refractivity contribution is 0.250. The Balaban J connectivity index is 1.40. The molecule has 0 spiro atoms. The fourth-order valence-electron chi connectivity index (χ4n) is 4.14. The number of rotatable bonds is 5. The van der Waals surface area contributed by atoms with Crippen LogP contribution in [-0.4, -0.2) is 33.5 Å². The van der Waals surface area contributed by atoms with E-state index in [0.29, 0.717) is 12.1 Å². The molecule has 140 valence electrons. The van der Waals surface area contributed by atoms with E-state index in [1.165, 1.54) is 34.3 Å². The van der Waals surface area contributed by atoms with Crippen LogP contribution in [0.25, 0.3) is 10.9 Å². The van der Waals surface area contributed by atoms with Crippen LogP contribution in [0.1, 0.15) is 29.7 Å². The Bertz CT molecular complexity index is 975. The fraction of sp³-hybridized carbons (Fsp3) is 0.318. The van der Waals surface area contributed by atoms with Crippen molar-refractivity contribution in [1.29, 1.82) is 0 Å². The van der Waals surface area contributed by atoms with Crippen molar-refractivity contribution in [2.24, 2.45) is 12.2 Å². The van der Waals surface area contributed by atoms with Gasteiger partial charge in [0, 0.05) is 43.2 Å². The predicted octanol–water partition coefficient (Wildman–Crippen LogP) is 4.33. The van der Waals surface area contributed by atoms with E-state index in [0.717, 1.165) is 38.0 Å². The van der Waals surface area contributed by atoms with E-state index < -0.39 is 0 Å². The van der Waals surface area contributed by atoms with Crippen molar-refractivity contribution in [3.63, 3.8) is 0 Å².